The highest BCUT2D eigenvalue weighted by Gasteiger charge is 2.25. The van der Waals surface area contributed by atoms with Crippen molar-refractivity contribution in [3.63, 3.8) is 0 Å². The number of nitrogens with one attached hydrogen (secondary N) is 2. The van der Waals surface area contributed by atoms with Gasteiger partial charge in [-0.2, -0.15) is 0 Å². The van der Waals surface area contributed by atoms with Crippen LogP contribution in [0.25, 0.3) is 0 Å². The van der Waals surface area contributed by atoms with Gasteiger partial charge in [0.05, 0.1) is 4.92 Å². The molecule has 1 aliphatic heterocycles. The van der Waals surface area contributed by atoms with Crippen LogP contribution in [0, 0.1) is 17.0 Å². The van der Waals surface area contributed by atoms with Crippen molar-refractivity contribution in [2.45, 2.75) is 32.7 Å². The van der Waals surface area contributed by atoms with Gasteiger partial charge >= 0.3 is 0 Å². The highest BCUT2D eigenvalue weighted by molar-refractivity contribution is 6.05. The minimum atomic E-state index is -0.445. The number of nitro benzene ring substituents is 1. The Bertz CT molecular complexity index is 981. The van der Waals surface area contributed by atoms with Crippen molar-refractivity contribution in [2.75, 3.05) is 48.3 Å². The summed E-state index contributed by atoms with van der Waals surface area (Å²) in [5.41, 5.74) is 3.49. The van der Waals surface area contributed by atoms with Gasteiger partial charge in [-0.25, -0.2) is 0 Å². The number of amides is 1. The molecule has 1 aliphatic carbocycles. The highest BCUT2D eigenvalue weighted by atomic mass is 16.6. The third kappa shape index (κ3) is 4.96. The van der Waals surface area contributed by atoms with E-state index in [1.54, 1.807) is 12.1 Å². The molecule has 0 spiro atoms. The number of benzene rings is 2. The van der Waals surface area contributed by atoms with E-state index in [0.29, 0.717) is 17.4 Å². The average molecular weight is 424 g/mol. The maximum Gasteiger partial charge on any atom is 0.293 e. The summed E-state index contributed by atoms with van der Waals surface area (Å²) in [5, 5.41) is 17.5. The number of aryl methyl sites for hydroxylation is 1. The number of rotatable bonds is 7. The van der Waals surface area contributed by atoms with Crippen LogP contribution in [0.15, 0.2) is 36.4 Å². The minimum absolute atomic E-state index is 0.0714. The zero-order chi connectivity index (χ0) is 22.0. The monoisotopic (exact) mass is 423 g/mol. The first-order valence-corrected chi connectivity index (χ1v) is 10.9. The van der Waals surface area contributed by atoms with Gasteiger partial charge in [0.25, 0.3) is 11.6 Å². The molecule has 2 fully saturated rings. The predicted molar refractivity (Wildman–Crippen MR) is 123 cm³/mol. The molecule has 0 aromatic heterocycles. The Balaban J connectivity index is 1.45. The second-order valence-corrected chi connectivity index (χ2v) is 8.28. The van der Waals surface area contributed by atoms with Gasteiger partial charge in [0.1, 0.15) is 5.69 Å². The standard InChI is InChI=1S/C23H29N5O3/c1-3-26-10-12-27(13-11-26)19-7-9-20(16(2)14-19)25-23(29)17-4-8-21(24-18-5-6-18)22(15-17)28(30)31/h4,7-9,14-15,18,24H,3,5-6,10-13H2,1-2H3,(H,25,29). The Morgan fingerprint density at radius 2 is 1.81 bits per heavy atom. The molecule has 1 heterocycles. The van der Waals surface area contributed by atoms with Gasteiger partial charge < -0.3 is 20.4 Å². The summed E-state index contributed by atoms with van der Waals surface area (Å²) in [6.45, 7) is 9.31. The molecule has 2 N–H and O–H groups in total. The largest absolute Gasteiger partial charge is 0.377 e. The van der Waals surface area contributed by atoms with E-state index in [2.05, 4.69) is 33.4 Å². The van der Waals surface area contributed by atoms with Crippen LogP contribution in [0.5, 0.6) is 0 Å². The van der Waals surface area contributed by atoms with Gasteiger partial charge in [-0.3, -0.25) is 14.9 Å². The fraction of sp³-hybridized carbons (Fsp3) is 0.435. The van der Waals surface area contributed by atoms with E-state index < -0.39 is 4.92 Å². The van der Waals surface area contributed by atoms with Gasteiger partial charge in [0.15, 0.2) is 0 Å². The molecule has 1 amide bonds. The second kappa shape index (κ2) is 8.93. The van der Waals surface area contributed by atoms with E-state index in [4.69, 9.17) is 0 Å². The van der Waals surface area contributed by atoms with E-state index in [9.17, 15) is 14.9 Å². The van der Waals surface area contributed by atoms with Crippen LogP contribution < -0.4 is 15.5 Å². The molecule has 0 unspecified atom stereocenters. The summed E-state index contributed by atoms with van der Waals surface area (Å²) in [6.07, 6.45) is 2.03. The number of piperazine rings is 1. The summed E-state index contributed by atoms with van der Waals surface area (Å²) in [4.78, 5) is 28.6. The summed E-state index contributed by atoms with van der Waals surface area (Å²) in [6, 6.07) is 10.9. The first kappa shape index (κ1) is 21.1. The number of likely N-dealkylation sites (N-methyl/N-ethyl adjacent to an activating group) is 1. The number of nitro groups is 1. The molecule has 4 rings (SSSR count). The molecule has 1 saturated carbocycles. The van der Waals surface area contributed by atoms with Gasteiger partial charge in [-0.1, -0.05) is 6.92 Å². The van der Waals surface area contributed by atoms with E-state index in [0.717, 1.165) is 56.8 Å². The zero-order valence-electron chi connectivity index (χ0n) is 18.1. The molecule has 164 valence electrons. The van der Waals surface area contributed by atoms with E-state index in [1.807, 2.05) is 19.1 Å². The number of anilines is 3. The molecule has 1 saturated heterocycles. The molecule has 0 radical (unpaired) electrons. The first-order valence-electron chi connectivity index (χ1n) is 10.9. The van der Waals surface area contributed by atoms with Gasteiger partial charge in [0, 0.05) is 55.2 Å². The van der Waals surface area contributed by atoms with Crippen LogP contribution in [0.1, 0.15) is 35.7 Å². The Labute approximate surface area is 182 Å². The number of hydrogen-bond donors (Lipinski definition) is 2. The second-order valence-electron chi connectivity index (χ2n) is 8.28. The Kier molecular flexibility index (Phi) is 6.08. The lowest BCUT2D eigenvalue weighted by atomic mass is 10.1. The topological polar surface area (TPSA) is 90.8 Å². The molecule has 0 atom stereocenters. The minimum Gasteiger partial charge on any atom is -0.377 e. The van der Waals surface area contributed by atoms with Crippen LogP contribution in [0.4, 0.5) is 22.7 Å². The van der Waals surface area contributed by atoms with Crippen molar-refractivity contribution in [1.82, 2.24) is 4.90 Å². The number of carbonyl (C=O) groups is 1. The molecular formula is C23H29N5O3. The van der Waals surface area contributed by atoms with E-state index >= 15 is 0 Å². The Hall–Kier alpha value is -3.13. The lowest BCUT2D eigenvalue weighted by Crippen LogP contribution is -2.46. The quantitative estimate of drug-likeness (QED) is 0.519. The maximum atomic E-state index is 12.8. The zero-order valence-corrected chi connectivity index (χ0v) is 18.1. The maximum absolute atomic E-state index is 12.8. The number of hydrogen-bond acceptors (Lipinski definition) is 6. The van der Waals surface area contributed by atoms with Crippen molar-refractivity contribution in [2.24, 2.45) is 0 Å². The SMILES string of the molecule is CCN1CCN(c2ccc(NC(=O)c3ccc(NC4CC4)c([N+](=O)[O-])c3)c(C)c2)CC1. The predicted octanol–water partition coefficient (Wildman–Crippen LogP) is 3.87. The Morgan fingerprint density at radius 3 is 2.42 bits per heavy atom. The molecule has 2 aliphatic rings. The van der Waals surface area contributed by atoms with Crippen molar-refractivity contribution >= 4 is 28.7 Å². The molecule has 0 bridgehead atoms. The summed E-state index contributed by atoms with van der Waals surface area (Å²) in [5.74, 6) is -0.353. The number of nitrogens with zero attached hydrogens (tertiary/aromatic N) is 3. The molecular weight excluding hydrogens is 394 g/mol. The van der Waals surface area contributed by atoms with Crippen LogP contribution in [-0.4, -0.2) is 54.5 Å². The third-order valence-electron chi connectivity index (χ3n) is 6.04. The number of carbonyl (C=O) groups excluding carboxylic acids is 1. The van der Waals surface area contributed by atoms with Gasteiger partial charge in [-0.15, -0.1) is 0 Å². The fourth-order valence-corrected chi connectivity index (χ4v) is 3.90. The summed E-state index contributed by atoms with van der Waals surface area (Å²) >= 11 is 0. The molecule has 8 heteroatoms. The lowest BCUT2D eigenvalue weighted by molar-refractivity contribution is -0.384. The van der Waals surface area contributed by atoms with Crippen LogP contribution in [-0.2, 0) is 0 Å². The fourth-order valence-electron chi connectivity index (χ4n) is 3.90. The van der Waals surface area contributed by atoms with Gasteiger partial charge in [-0.05, 0) is 62.2 Å². The molecule has 2 aromatic carbocycles. The van der Waals surface area contributed by atoms with Crippen LogP contribution >= 0.6 is 0 Å². The lowest BCUT2D eigenvalue weighted by Gasteiger charge is -2.35. The van der Waals surface area contributed by atoms with Crippen molar-refractivity contribution in [3.05, 3.63) is 57.6 Å². The molecule has 8 nitrogen and oxygen atoms in total. The van der Waals surface area contributed by atoms with Crippen molar-refractivity contribution < 1.29 is 9.72 Å². The normalized spacial score (nSPS) is 16.8. The summed E-state index contributed by atoms with van der Waals surface area (Å²) in [7, 11) is 0. The highest BCUT2D eigenvalue weighted by Crippen LogP contribution is 2.32. The molecule has 31 heavy (non-hydrogen) atoms. The van der Waals surface area contributed by atoms with E-state index in [1.165, 1.54) is 6.07 Å². The first-order chi connectivity index (χ1) is 14.9. The third-order valence-corrected chi connectivity index (χ3v) is 6.04. The molecule has 2 aromatic rings. The Morgan fingerprint density at radius 1 is 1.10 bits per heavy atom. The van der Waals surface area contributed by atoms with Crippen molar-refractivity contribution in [3.8, 4) is 0 Å². The van der Waals surface area contributed by atoms with Gasteiger partial charge in [0.2, 0.25) is 0 Å². The summed E-state index contributed by atoms with van der Waals surface area (Å²) < 4.78 is 0. The smallest absolute Gasteiger partial charge is 0.293 e. The van der Waals surface area contributed by atoms with Crippen molar-refractivity contribution in [1.29, 1.82) is 0 Å². The van der Waals surface area contributed by atoms with E-state index in [-0.39, 0.29) is 17.2 Å². The van der Waals surface area contributed by atoms with Crippen LogP contribution in [0.2, 0.25) is 0 Å². The average Bonchev–Trinajstić information content (AvgIpc) is 3.59. The van der Waals surface area contributed by atoms with Crippen LogP contribution in [0.3, 0.4) is 0 Å².